The van der Waals surface area contributed by atoms with Crippen LogP contribution in [0.1, 0.15) is 16.7 Å². The van der Waals surface area contributed by atoms with Crippen molar-refractivity contribution in [1.29, 1.82) is 15.8 Å². The Bertz CT molecular complexity index is 3360. The van der Waals surface area contributed by atoms with Crippen molar-refractivity contribution in [1.82, 2.24) is 9.13 Å². The molecule has 0 N–H and O–H groups in total. The molecule has 2 heterocycles. The van der Waals surface area contributed by atoms with Gasteiger partial charge in [-0.1, -0.05) is 115 Å². The predicted octanol–water partition coefficient (Wildman–Crippen LogP) is 12.5. The molecule has 10 rings (SSSR count). The van der Waals surface area contributed by atoms with Gasteiger partial charge in [0.15, 0.2) is 0 Å². The topological polar surface area (TPSA) is 81.2 Å². The number of hydrogen-bond donors (Lipinski definition) is 0. The molecule has 0 saturated carbocycles. The fourth-order valence-corrected chi connectivity index (χ4v) is 8.51. The summed E-state index contributed by atoms with van der Waals surface area (Å²) in [6.07, 6.45) is 0. The highest BCUT2D eigenvalue weighted by molar-refractivity contribution is 6.18. The molecular weight excluding hydrogens is 683 g/mol. The number of nitrogens with zero attached hydrogens (tertiary/aromatic N) is 5. The van der Waals surface area contributed by atoms with E-state index >= 15 is 0 Å². The Kier molecular flexibility index (Phi) is 7.57. The van der Waals surface area contributed by atoms with Gasteiger partial charge in [-0.05, 0) is 88.5 Å². The second kappa shape index (κ2) is 13.0. The van der Waals surface area contributed by atoms with E-state index in [4.69, 9.17) is 0 Å². The van der Waals surface area contributed by atoms with E-state index in [0.29, 0.717) is 16.7 Å². The molecule has 0 amide bonds. The van der Waals surface area contributed by atoms with Crippen LogP contribution < -0.4 is 0 Å². The SMILES string of the molecule is N#Cc1cccc(-n2c3ccccc3c3cccc(-c4ccccc4-c4ccccc4-c4cccc5c4c4cc(C#N)ccc4n5-c4ccccc4C#N)c32)c1. The number of nitriles is 3. The van der Waals surface area contributed by atoms with E-state index in [1.165, 1.54) is 0 Å². The van der Waals surface area contributed by atoms with Gasteiger partial charge in [0.1, 0.15) is 6.07 Å². The summed E-state index contributed by atoms with van der Waals surface area (Å²) in [6, 6.07) is 66.6. The molecule has 5 nitrogen and oxygen atoms in total. The average molecular weight is 712 g/mol. The van der Waals surface area contributed by atoms with Crippen LogP contribution >= 0.6 is 0 Å². The van der Waals surface area contributed by atoms with Crippen molar-refractivity contribution < 1.29 is 0 Å². The highest BCUT2D eigenvalue weighted by atomic mass is 15.0. The molecule has 0 radical (unpaired) electrons. The van der Waals surface area contributed by atoms with Crippen LogP contribution in [-0.4, -0.2) is 9.13 Å². The lowest BCUT2D eigenvalue weighted by Crippen LogP contribution is -1.97. The fourth-order valence-electron chi connectivity index (χ4n) is 8.51. The summed E-state index contributed by atoms with van der Waals surface area (Å²) < 4.78 is 4.43. The molecule has 56 heavy (non-hydrogen) atoms. The summed E-state index contributed by atoms with van der Waals surface area (Å²) in [5.41, 5.74) is 13.9. The molecule has 0 aliphatic rings. The summed E-state index contributed by atoms with van der Waals surface area (Å²) in [7, 11) is 0. The van der Waals surface area contributed by atoms with Gasteiger partial charge in [-0.15, -0.1) is 0 Å². The zero-order valence-electron chi connectivity index (χ0n) is 30.0. The third-order valence-electron chi connectivity index (χ3n) is 10.8. The maximum atomic E-state index is 10.2. The number of rotatable bonds is 5. The summed E-state index contributed by atoms with van der Waals surface area (Å²) in [5, 5.41) is 34.2. The minimum Gasteiger partial charge on any atom is -0.309 e. The van der Waals surface area contributed by atoms with E-state index in [9.17, 15) is 15.8 Å². The minimum absolute atomic E-state index is 0.571. The Balaban J connectivity index is 1.26. The first-order valence-electron chi connectivity index (χ1n) is 18.4. The highest BCUT2D eigenvalue weighted by Gasteiger charge is 2.22. The predicted molar refractivity (Wildman–Crippen MR) is 226 cm³/mol. The van der Waals surface area contributed by atoms with E-state index < -0.39 is 0 Å². The van der Waals surface area contributed by atoms with E-state index in [2.05, 4.69) is 143 Å². The van der Waals surface area contributed by atoms with Crippen molar-refractivity contribution >= 4 is 43.6 Å². The normalized spacial score (nSPS) is 11.2. The first kappa shape index (κ1) is 32.5. The Hall–Kier alpha value is -8.17. The molecule has 0 atom stereocenters. The van der Waals surface area contributed by atoms with Gasteiger partial charge in [0, 0.05) is 32.8 Å². The monoisotopic (exact) mass is 711 g/mol. The molecule has 0 bridgehead atoms. The molecule has 5 heteroatoms. The third kappa shape index (κ3) is 4.92. The number of benzene rings is 8. The molecule has 8 aromatic carbocycles. The lowest BCUT2D eigenvalue weighted by Gasteiger charge is -2.17. The van der Waals surface area contributed by atoms with Crippen molar-refractivity contribution in [3.63, 3.8) is 0 Å². The second-order valence-corrected chi connectivity index (χ2v) is 13.8. The Morgan fingerprint density at radius 3 is 1.68 bits per heavy atom. The van der Waals surface area contributed by atoms with Crippen molar-refractivity contribution in [2.24, 2.45) is 0 Å². The molecule has 0 spiro atoms. The zero-order valence-corrected chi connectivity index (χ0v) is 30.0. The van der Waals surface area contributed by atoms with Crippen LogP contribution in [-0.2, 0) is 0 Å². The quantitative estimate of drug-likeness (QED) is 0.178. The minimum atomic E-state index is 0.571. The van der Waals surface area contributed by atoms with Gasteiger partial charge < -0.3 is 9.13 Å². The van der Waals surface area contributed by atoms with Gasteiger partial charge in [-0.3, -0.25) is 0 Å². The van der Waals surface area contributed by atoms with Crippen LogP contribution in [0.25, 0.3) is 88.4 Å². The highest BCUT2D eigenvalue weighted by Crippen LogP contribution is 2.46. The maximum Gasteiger partial charge on any atom is 0.101 e. The van der Waals surface area contributed by atoms with Crippen LogP contribution in [0.5, 0.6) is 0 Å². The molecular formula is C51H29N5. The van der Waals surface area contributed by atoms with E-state index in [-0.39, 0.29) is 0 Å². The molecule has 0 aliphatic carbocycles. The number of fused-ring (bicyclic) bond motifs is 6. The van der Waals surface area contributed by atoms with Gasteiger partial charge in [-0.2, -0.15) is 15.8 Å². The third-order valence-corrected chi connectivity index (χ3v) is 10.8. The van der Waals surface area contributed by atoms with E-state index in [1.807, 2.05) is 60.7 Å². The van der Waals surface area contributed by atoms with Gasteiger partial charge in [0.2, 0.25) is 0 Å². The van der Waals surface area contributed by atoms with Crippen molar-refractivity contribution in [3.05, 3.63) is 193 Å². The molecule has 0 saturated heterocycles. The molecule has 10 aromatic rings. The molecule has 0 aliphatic heterocycles. The fraction of sp³-hybridized carbons (Fsp3) is 0. The molecule has 2 aromatic heterocycles. The molecule has 0 unspecified atom stereocenters. The lowest BCUT2D eigenvalue weighted by molar-refractivity contribution is 1.17. The molecule has 0 fully saturated rings. The standard InChI is InChI=1S/C51H29N5/c52-30-33-12-9-14-36(28-33)55-47-24-8-6-19-41(47)44-22-10-21-43(51(44)55)40-18-5-3-16-38(40)37-15-2-4-17-39(37)42-20-11-25-49-50(42)45-29-34(31-53)26-27-48(45)56(49)46-23-7-1-13-35(46)32-54/h1-29H. The van der Waals surface area contributed by atoms with Crippen LogP contribution in [0.4, 0.5) is 0 Å². The van der Waals surface area contributed by atoms with Crippen LogP contribution in [0.3, 0.4) is 0 Å². The number of hydrogen-bond acceptors (Lipinski definition) is 3. The van der Waals surface area contributed by atoms with E-state index in [0.717, 1.165) is 88.4 Å². The van der Waals surface area contributed by atoms with Crippen LogP contribution in [0.15, 0.2) is 176 Å². The van der Waals surface area contributed by atoms with E-state index in [1.54, 1.807) is 0 Å². The van der Waals surface area contributed by atoms with Gasteiger partial charge in [0.05, 0.1) is 56.6 Å². The smallest absolute Gasteiger partial charge is 0.101 e. The van der Waals surface area contributed by atoms with Crippen molar-refractivity contribution in [3.8, 4) is 63.0 Å². The molecule has 258 valence electrons. The lowest BCUT2D eigenvalue weighted by atomic mass is 9.87. The average Bonchev–Trinajstić information content (AvgIpc) is 3.79. The van der Waals surface area contributed by atoms with Gasteiger partial charge in [-0.25, -0.2) is 0 Å². The summed E-state index contributed by atoms with van der Waals surface area (Å²) in [6.45, 7) is 0. The Morgan fingerprint density at radius 1 is 0.357 bits per heavy atom. The number of para-hydroxylation sites is 3. The summed E-state index contributed by atoms with van der Waals surface area (Å²) >= 11 is 0. The van der Waals surface area contributed by atoms with Crippen molar-refractivity contribution in [2.45, 2.75) is 0 Å². The van der Waals surface area contributed by atoms with Crippen molar-refractivity contribution in [2.75, 3.05) is 0 Å². The Morgan fingerprint density at radius 2 is 0.911 bits per heavy atom. The van der Waals surface area contributed by atoms with Crippen LogP contribution in [0.2, 0.25) is 0 Å². The maximum absolute atomic E-state index is 10.2. The Labute approximate surface area is 323 Å². The zero-order chi connectivity index (χ0) is 37.8. The largest absolute Gasteiger partial charge is 0.309 e. The summed E-state index contributed by atoms with van der Waals surface area (Å²) in [4.78, 5) is 0. The van der Waals surface area contributed by atoms with Gasteiger partial charge in [0.25, 0.3) is 0 Å². The first-order chi connectivity index (χ1) is 27.7. The second-order valence-electron chi connectivity index (χ2n) is 13.8. The first-order valence-corrected chi connectivity index (χ1v) is 18.4. The van der Waals surface area contributed by atoms with Gasteiger partial charge >= 0.3 is 0 Å². The summed E-state index contributed by atoms with van der Waals surface area (Å²) in [5.74, 6) is 0. The number of aromatic nitrogens is 2. The van der Waals surface area contributed by atoms with Crippen LogP contribution in [0, 0.1) is 34.0 Å².